The Morgan fingerprint density at radius 2 is 2.11 bits per heavy atom. The first-order valence-electron chi connectivity index (χ1n) is 5.41. The standard InChI is InChI=1S/C12H12ClN3O2/c1-2-18-12(17)10-9(13)11(14)16(15-10)8-6-4-3-5-7-8/h3-7H,2,14H2,1H3. The topological polar surface area (TPSA) is 70.1 Å². The first-order valence-corrected chi connectivity index (χ1v) is 5.79. The van der Waals surface area contributed by atoms with Crippen LogP contribution in [0.4, 0.5) is 5.82 Å². The number of nitrogens with two attached hydrogens (primary N) is 1. The number of rotatable bonds is 3. The first-order chi connectivity index (χ1) is 8.65. The summed E-state index contributed by atoms with van der Waals surface area (Å²) in [5, 5.41) is 4.19. The van der Waals surface area contributed by atoms with Gasteiger partial charge in [-0.25, -0.2) is 9.48 Å². The van der Waals surface area contributed by atoms with Gasteiger partial charge < -0.3 is 10.5 Å². The number of aromatic nitrogens is 2. The molecule has 0 saturated carbocycles. The molecule has 0 bridgehead atoms. The van der Waals surface area contributed by atoms with Crippen LogP contribution in [0.2, 0.25) is 5.02 Å². The van der Waals surface area contributed by atoms with Crippen LogP contribution in [0.1, 0.15) is 17.4 Å². The lowest BCUT2D eigenvalue weighted by Crippen LogP contribution is -2.07. The summed E-state index contributed by atoms with van der Waals surface area (Å²) in [4.78, 5) is 11.6. The molecule has 0 aliphatic rings. The van der Waals surface area contributed by atoms with E-state index in [9.17, 15) is 4.79 Å². The highest BCUT2D eigenvalue weighted by atomic mass is 35.5. The monoisotopic (exact) mass is 265 g/mol. The van der Waals surface area contributed by atoms with Crippen LogP contribution in [0, 0.1) is 0 Å². The summed E-state index contributed by atoms with van der Waals surface area (Å²) in [7, 11) is 0. The van der Waals surface area contributed by atoms with Crippen molar-refractivity contribution in [2.24, 2.45) is 0 Å². The van der Waals surface area contributed by atoms with Crippen LogP contribution >= 0.6 is 11.6 Å². The normalized spacial score (nSPS) is 10.3. The van der Waals surface area contributed by atoms with Gasteiger partial charge in [0.25, 0.3) is 0 Å². The molecule has 2 N–H and O–H groups in total. The van der Waals surface area contributed by atoms with E-state index in [-0.39, 0.29) is 23.1 Å². The summed E-state index contributed by atoms with van der Waals surface area (Å²) < 4.78 is 6.27. The Labute approximate surface area is 109 Å². The maximum absolute atomic E-state index is 11.6. The third-order valence-electron chi connectivity index (χ3n) is 2.33. The number of ether oxygens (including phenoxy) is 1. The third-order valence-corrected chi connectivity index (χ3v) is 2.70. The minimum Gasteiger partial charge on any atom is -0.461 e. The molecule has 94 valence electrons. The Bertz CT molecular complexity index is 566. The van der Waals surface area contributed by atoms with E-state index in [4.69, 9.17) is 22.1 Å². The molecule has 0 atom stereocenters. The van der Waals surface area contributed by atoms with Crippen LogP contribution in [-0.2, 0) is 4.74 Å². The zero-order valence-electron chi connectivity index (χ0n) is 9.76. The number of hydrogen-bond donors (Lipinski definition) is 1. The predicted octanol–water partition coefficient (Wildman–Crippen LogP) is 2.28. The predicted molar refractivity (Wildman–Crippen MR) is 68.9 cm³/mol. The van der Waals surface area contributed by atoms with E-state index in [1.807, 2.05) is 30.3 Å². The Balaban J connectivity index is 2.46. The lowest BCUT2D eigenvalue weighted by Gasteiger charge is -2.02. The second kappa shape index (κ2) is 5.10. The number of nitrogens with zero attached hydrogens (tertiary/aromatic N) is 2. The molecule has 0 fully saturated rings. The highest BCUT2D eigenvalue weighted by Gasteiger charge is 2.21. The average molecular weight is 266 g/mol. The molecule has 1 aromatic heterocycles. The van der Waals surface area contributed by atoms with Crippen molar-refractivity contribution >= 4 is 23.4 Å². The van der Waals surface area contributed by atoms with Crippen LogP contribution in [0.25, 0.3) is 5.69 Å². The molecule has 1 aromatic carbocycles. The Morgan fingerprint density at radius 3 is 2.72 bits per heavy atom. The Morgan fingerprint density at radius 1 is 1.44 bits per heavy atom. The highest BCUT2D eigenvalue weighted by molar-refractivity contribution is 6.35. The van der Waals surface area contributed by atoms with Crippen LogP contribution in [0.5, 0.6) is 0 Å². The molecule has 0 unspecified atom stereocenters. The van der Waals surface area contributed by atoms with Gasteiger partial charge in [-0.1, -0.05) is 29.8 Å². The Hall–Kier alpha value is -2.01. The van der Waals surface area contributed by atoms with Crippen LogP contribution in [-0.4, -0.2) is 22.4 Å². The van der Waals surface area contributed by atoms with Crippen molar-refractivity contribution in [2.75, 3.05) is 12.3 Å². The van der Waals surface area contributed by atoms with E-state index in [1.165, 1.54) is 4.68 Å². The van der Waals surface area contributed by atoms with Gasteiger partial charge in [-0.3, -0.25) is 0 Å². The van der Waals surface area contributed by atoms with Crippen molar-refractivity contribution < 1.29 is 9.53 Å². The summed E-state index contributed by atoms with van der Waals surface area (Å²) in [6.45, 7) is 1.97. The highest BCUT2D eigenvalue weighted by Crippen LogP contribution is 2.26. The maximum Gasteiger partial charge on any atom is 0.360 e. The van der Waals surface area contributed by atoms with E-state index in [0.717, 1.165) is 5.69 Å². The zero-order chi connectivity index (χ0) is 13.1. The largest absolute Gasteiger partial charge is 0.461 e. The number of nitrogen functional groups attached to an aromatic ring is 1. The van der Waals surface area contributed by atoms with E-state index in [2.05, 4.69) is 5.10 Å². The quantitative estimate of drug-likeness (QED) is 0.865. The van der Waals surface area contributed by atoms with Gasteiger partial charge in [0, 0.05) is 0 Å². The lowest BCUT2D eigenvalue weighted by molar-refractivity contribution is 0.0519. The van der Waals surface area contributed by atoms with E-state index >= 15 is 0 Å². The van der Waals surface area contributed by atoms with Gasteiger partial charge >= 0.3 is 5.97 Å². The van der Waals surface area contributed by atoms with Gasteiger partial charge in [0.15, 0.2) is 5.69 Å². The van der Waals surface area contributed by atoms with E-state index < -0.39 is 5.97 Å². The van der Waals surface area contributed by atoms with Crippen LogP contribution in [0.3, 0.4) is 0 Å². The molecule has 2 aromatic rings. The number of anilines is 1. The first kappa shape index (κ1) is 12.4. The molecule has 2 rings (SSSR count). The van der Waals surface area contributed by atoms with Crippen molar-refractivity contribution in [3.05, 3.63) is 41.0 Å². The zero-order valence-corrected chi connectivity index (χ0v) is 10.5. The number of halogens is 1. The minimum absolute atomic E-state index is 0.0277. The van der Waals surface area contributed by atoms with Crippen molar-refractivity contribution in [3.63, 3.8) is 0 Å². The molecular formula is C12H12ClN3O2. The van der Waals surface area contributed by atoms with Crippen molar-refractivity contribution in [3.8, 4) is 5.69 Å². The summed E-state index contributed by atoms with van der Waals surface area (Å²) in [5.41, 5.74) is 6.59. The van der Waals surface area contributed by atoms with Gasteiger partial charge in [-0.15, -0.1) is 0 Å². The number of para-hydroxylation sites is 1. The summed E-state index contributed by atoms with van der Waals surface area (Å²) >= 11 is 5.99. The van der Waals surface area contributed by atoms with Gasteiger partial charge in [-0.05, 0) is 19.1 Å². The molecule has 0 radical (unpaired) electrons. The molecule has 0 spiro atoms. The molecule has 6 heteroatoms. The number of hydrogen-bond acceptors (Lipinski definition) is 4. The number of carbonyl (C=O) groups excluding carboxylic acids is 1. The van der Waals surface area contributed by atoms with E-state index in [0.29, 0.717) is 0 Å². The van der Waals surface area contributed by atoms with E-state index in [1.54, 1.807) is 6.92 Å². The number of carbonyl (C=O) groups is 1. The average Bonchev–Trinajstić information content (AvgIpc) is 2.68. The molecule has 1 heterocycles. The van der Waals surface area contributed by atoms with Crippen molar-refractivity contribution in [1.82, 2.24) is 9.78 Å². The van der Waals surface area contributed by atoms with Gasteiger partial charge in [0.1, 0.15) is 10.8 Å². The lowest BCUT2D eigenvalue weighted by atomic mass is 10.3. The second-order valence-electron chi connectivity index (χ2n) is 3.52. The SMILES string of the molecule is CCOC(=O)c1nn(-c2ccccc2)c(N)c1Cl. The minimum atomic E-state index is -0.580. The van der Waals surface area contributed by atoms with Crippen molar-refractivity contribution in [1.29, 1.82) is 0 Å². The molecule has 0 amide bonds. The van der Waals surface area contributed by atoms with Crippen LogP contribution in [0.15, 0.2) is 30.3 Å². The fraction of sp³-hybridized carbons (Fsp3) is 0.167. The molecule has 0 aliphatic heterocycles. The van der Waals surface area contributed by atoms with Gasteiger partial charge in [0.05, 0.1) is 12.3 Å². The summed E-state index contributed by atoms with van der Waals surface area (Å²) in [6.07, 6.45) is 0. The summed E-state index contributed by atoms with van der Waals surface area (Å²) in [6, 6.07) is 9.18. The van der Waals surface area contributed by atoms with Crippen LogP contribution < -0.4 is 5.73 Å². The molecule has 0 aliphatic carbocycles. The maximum atomic E-state index is 11.6. The molecule has 18 heavy (non-hydrogen) atoms. The fourth-order valence-electron chi connectivity index (χ4n) is 1.51. The van der Waals surface area contributed by atoms with Gasteiger partial charge in [-0.2, -0.15) is 5.10 Å². The fourth-order valence-corrected chi connectivity index (χ4v) is 1.70. The second-order valence-corrected chi connectivity index (χ2v) is 3.89. The molecule has 0 saturated heterocycles. The number of esters is 1. The molecular weight excluding hydrogens is 254 g/mol. The molecule has 5 nitrogen and oxygen atoms in total. The third kappa shape index (κ3) is 2.17. The van der Waals surface area contributed by atoms with Crippen molar-refractivity contribution in [2.45, 2.75) is 6.92 Å². The number of benzene rings is 1. The Kier molecular flexibility index (Phi) is 3.53. The van der Waals surface area contributed by atoms with Gasteiger partial charge in [0.2, 0.25) is 0 Å². The smallest absolute Gasteiger partial charge is 0.360 e. The summed E-state index contributed by atoms with van der Waals surface area (Å²) in [5.74, 6) is -0.366.